The lowest BCUT2D eigenvalue weighted by molar-refractivity contribution is -0.421. The van der Waals surface area contributed by atoms with Gasteiger partial charge in [-0.1, -0.05) is 182 Å². The molecule has 15 nitrogen and oxygen atoms in total. The van der Waals surface area contributed by atoms with E-state index in [1.807, 2.05) is 189 Å². The predicted molar refractivity (Wildman–Crippen MR) is 270 cm³/mol. The zero-order valence-electron chi connectivity index (χ0n) is 41.6. The third-order valence-electron chi connectivity index (χ3n) is 14.2. The number of rotatable bonds is 18. The molecular weight excluding hydrogens is 961 g/mol. The Hall–Kier alpha value is -5.28. The maximum atomic E-state index is 12.9. The average molecular weight is 1030 g/mol. The first-order valence-electron chi connectivity index (χ1n) is 25.8. The Bertz CT molecular complexity index is 2620. The highest BCUT2D eigenvalue weighted by molar-refractivity contribution is 5.20. The van der Waals surface area contributed by atoms with Crippen molar-refractivity contribution < 1.29 is 71.8 Å². The van der Waals surface area contributed by atoms with Crippen molar-refractivity contribution in [1.82, 2.24) is 0 Å². The molecule has 0 bridgehead atoms. The van der Waals surface area contributed by atoms with Gasteiger partial charge in [-0.05, 0) is 29.2 Å². The summed E-state index contributed by atoms with van der Waals surface area (Å²) >= 11 is 0. The Balaban J connectivity index is 0.948. The number of aliphatic hydroxyl groups excluding tert-OH is 2. The van der Waals surface area contributed by atoms with Crippen molar-refractivity contribution in [2.24, 2.45) is 0 Å². The van der Waals surface area contributed by atoms with Crippen LogP contribution < -0.4 is 0 Å². The van der Waals surface area contributed by atoms with Crippen LogP contribution in [0, 0.1) is 0 Å². The second-order valence-electron chi connectivity index (χ2n) is 19.4. The van der Waals surface area contributed by atoms with E-state index in [0.29, 0.717) is 0 Å². The number of benzene rings is 6. The SMILES string of the molecule is C[C@@H]1O[C@@H](O[C@H]2[C@H](O[C@@H]3[C@@H](OCc4ccccc4)[C@H](O)O[C@@H]4COC(c5ccccc5)O[C@H]34)O[C@@H]3COC(c4ccccc4)O[C@@H]3[C@@H]2O)[C@@H](OCc2ccccc2)[C@H](OCc2ccccc2)[C@@H]1OCc1ccccc1. The Morgan fingerprint density at radius 2 is 0.773 bits per heavy atom. The van der Waals surface area contributed by atoms with E-state index in [4.69, 9.17) is 61.6 Å². The van der Waals surface area contributed by atoms with Gasteiger partial charge in [0.15, 0.2) is 31.5 Å². The maximum absolute atomic E-state index is 12.9. The minimum atomic E-state index is -1.48. The molecule has 2 unspecified atom stereocenters. The first-order chi connectivity index (χ1) is 36.9. The van der Waals surface area contributed by atoms with Crippen LogP contribution in [0.25, 0.3) is 0 Å². The van der Waals surface area contributed by atoms with E-state index < -0.39 is 105 Å². The molecule has 2 N–H and O–H groups in total. The van der Waals surface area contributed by atoms with Gasteiger partial charge in [0.1, 0.15) is 67.1 Å². The third kappa shape index (κ3) is 12.5. The molecule has 17 atom stereocenters. The van der Waals surface area contributed by atoms with Crippen LogP contribution in [0.3, 0.4) is 0 Å². The summed E-state index contributed by atoms with van der Waals surface area (Å²) in [5, 5.41) is 24.7. The molecule has 0 spiro atoms. The molecule has 6 aromatic carbocycles. The molecule has 15 heteroatoms. The van der Waals surface area contributed by atoms with E-state index in [0.717, 1.165) is 33.4 Å². The molecule has 0 aliphatic carbocycles. The Morgan fingerprint density at radius 3 is 1.27 bits per heavy atom. The normalized spacial score (nSPS) is 33.7. The summed E-state index contributed by atoms with van der Waals surface area (Å²) in [6, 6.07) is 58.3. The minimum absolute atomic E-state index is 0.0420. The van der Waals surface area contributed by atoms with Crippen LogP contribution in [-0.2, 0) is 88.0 Å². The molecule has 5 fully saturated rings. The van der Waals surface area contributed by atoms with Gasteiger partial charge in [-0.2, -0.15) is 0 Å². The van der Waals surface area contributed by atoms with E-state index >= 15 is 0 Å². The Morgan fingerprint density at radius 1 is 0.387 bits per heavy atom. The quantitative estimate of drug-likeness (QED) is 0.0856. The van der Waals surface area contributed by atoms with Crippen LogP contribution in [0.5, 0.6) is 0 Å². The fraction of sp³-hybridized carbons (Fsp3) is 0.400. The summed E-state index contributed by atoms with van der Waals surface area (Å²) in [5.74, 6) is 0. The standard InChI is InChI=1S/C60H64O15/c1-38-48(63-32-39-20-8-2-9-21-39)52(64-33-40-22-10-3-11-23-40)55(66-35-42-26-14-5-15-27-42)60(69-38)74-51-47(61)49-45(36-67-57(72-49)43-28-16-6-17-29-43)71-59(51)75-53-50-46(37-68-58(73-50)44-30-18-7-19-31-44)70-56(62)54(53)65-34-41-24-12-4-13-25-41/h2-31,38,45-62H,32-37H2,1H3/t38-,45+,46+,47-,48+,49-,50-,51+,52+,53-,54+,55-,56+,57?,58?,59-,60-/m0/s1. The van der Waals surface area contributed by atoms with Gasteiger partial charge in [-0.25, -0.2) is 0 Å². The first-order valence-corrected chi connectivity index (χ1v) is 25.8. The van der Waals surface area contributed by atoms with E-state index in [1.165, 1.54) is 0 Å². The molecule has 0 saturated carbocycles. The largest absolute Gasteiger partial charge is 0.387 e. The highest BCUT2D eigenvalue weighted by Gasteiger charge is 2.58. The summed E-state index contributed by atoms with van der Waals surface area (Å²) in [7, 11) is 0. The summed E-state index contributed by atoms with van der Waals surface area (Å²) in [6.07, 6.45) is -17.1. The molecule has 0 radical (unpaired) electrons. The van der Waals surface area contributed by atoms with Crippen molar-refractivity contribution in [2.75, 3.05) is 13.2 Å². The molecule has 0 amide bonds. The maximum Gasteiger partial charge on any atom is 0.187 e. The smallest absolute Gasteiger partial charge is 0.187 e. The number of hydrogen-bond acceptors (Lipinski definition) is 15. The fourth-order valence-electron chi connectivity index (χ4n) is 10.3. The van der Waals surface area contributed by atoms with Crippen LogP contribution in [0.4, 0.5) is 0 Å². The zero-order valence-corrected chi connectivity index (χ0v) is 41.6. The summed E-state index contributed by atoms with van der Waals surface area (Å²) in [4.78, 5) is 0. The number of ether oxygens (including phenoxy) is 13. The van der Waals surface area contributed by atoms with Gasteiger partial charge < -0.3 is 71.8 Å². The molecule has 5 heterocycles. The molecule has 394 valence electrons. The molecule has 6 aromatic rings. The van der Waals surface area contributed by atoms with E-state index in [9.17, 15) is 10.2 Å². The van der Waals surface area contributed by atoms with Crippen LogP contribution >= 0.6 is 0 Å². The number of hydrogen-bond donors (Lipinski definition) is 2. The van der Waals surface area contributed by atoms with Crippen LogP contribution in [0.2, 0.25) is 0 Å². The Labute approximate surface area is 437 Å². The lowest BCUT2D eigenvalue weighted by Crippen LogP contribution is -2.69. The highest BCUT2D eigenvalue weighted by Crippen LogP contribution is 2.42. The van der Waals surface area contributed by atoms with Crippen molar-refractivity contribution in [1.29, 1.82) is 0 Å². The van der Waals surface area contributed by atoms with Gasteiger partial charge in [0, 0.05) is 11.1 Å². The molecule has 11 rings (SSSR count). The van der Waals surface area contributed by atoms with Crippen molar-refractivity contribution >= 4 is 0 Å². The van der Waals surface area contributed by atoms with Gasteiger partial charge in [-0.15, -0.1) is 0 Å². The monoisotopic (exact) mass is 1020 g/mol. The van der Waals surface area contributed by atoms with Gasteiger partial charge in [-0.3, -0.25) is 0 Å². The molecule has 75 heavy (non-hydrogen) atoms. The van der Waals surface area contributed by atoms with Crippen LogP contribution in [0.15, 0.2) is 182 Å². The first kappa shape index (κ1) is 51.8. The summed E-state index contributed by atoms with van der Waals surface area (Å²) < 4.78 is 87.3. The summed E-state index contributed by atoms with van der Waals surface area (Å²) in [6.45, 7) is 2.80. The molecular formula is C60H64O15. The topological polar surface area (TPSA) is 160 Å². The molecule has 0 aromatic heterocycles. The molecule has 5 saturated heterocycles. The van der Waals surface area contributed by atoms with Gasteiger partial charge >= 0.3 is 0 Å². The summed E-state index contributed by atoms with van der Waals surface area (Å²) in [5.41, 5.74) is 5.24. The van der Waals surface area contributed by atoms with E-state index in [2.05, 4.69) is 0 Å². The molecule has 5 aliphatic heterocycles. The predicted octanol–water partition coefficient (Wildman–Crippen LogP) is 7.87. The second kappa shape index (κ2) is 24.8. The van der Waals surface area contributed by atoms with Crippen molar-refractivity contribution in [3.05, 3.63) is 215 Å². The van der Waals surface area contributed by atoms with Gasteiger partial charge in [0.25, 0.3) is 0 Å². The van der Waals surface area contributed by atoms with Crippen LogP contribution in [-0.4, -0.2) is 116 Å². The second-order valence-corrected chi connectivity index (χ2v) is 19.4. The number of fused-ring (bicyclic) bond motifs is 2. The highest BCUT2D eigenvalue weighted by atomic mass is 16.8. The van der Waals surface area contributed by atoms with Gasteiger partial charge in [0.2, 0.25) is 0 Å². The fourth-order valence-corrected chi connectivity index (χ4v) is 10.3. The minimum Gasteiger partial charge on any atom is -0.387 e. The van der Waals surface area contributed by atoms with E-state index in [1.54, 1.807) is 0 Å². The zero-order chi connectivity index (χ0) is 50.9. The lowest BCUT2D eigenvalue weighted by Gasteiger charge is -2.52. The number of aliphatic hydroxyl groups is 2. The lowest BCUT2D eigenvalue weighted by atomic mass is 9.94. The average Bonchev–Trinajstić information content (AvgIpc) is 3.48. The molecule has 5 aliphatic rings. The van der Waals surface area contributed by atoms with Crippen molar-refractivity contribution in [3.8, 4) is 0 Å². The Kier molecular flexibility index (Phi) is 17.1. The van der Waals surface area contributed by atoms with Gasteiger partial charge in [0.05, 0.1) is 45.7 Å². The van der Waals surface area contributed by atoms with Crippen LogP contribution in [0.1, 0.15) is 52.9 Å². The third-order valence-corrected chi connectivity index (χ3v) is 14.2. The van der Waals surface area contributed by atoms with Crippen molar-refractivity contribution in [2.45, 2.75) is 138 Å². The van der Waals surface area contributed by atoms with Crippen molar-refractivity contribution in [3.63, 3.8) is 0 Å². The van der Waals surface area contributed by atoms with E-state index in [-0.39, 0.29) is 39.6 Å².